The maximum atomic E-state index is 12.6. The fourth-order valence-corrected chi connectivity index (χ4v) is 3.93. The van der Waals surface area contributed by atoms with Gasteiger partial charge in [0.15, 0.2) is 0 Å². The average molecular weight is 395 g/mol. The van der Waals surface area contributed by atoms with E-state index in [1.165, 1.54) is 11.3 Å². The number of anilines is 2. The summed E-state index contributed by atoms with van der Waals surface area (Å²) in [5.41, 5.74) is 3.27. The second kappa shape index (κ2) is 8.50. The highest BCUT2D eigenvalue weighted by Gasteiger charge is 2.15. The number of benzene rings is 1. The Hall–Kier alpha value is -2.77. The number of ether oxygens (including phenoxy) is 1. The zero-order chi connectivity index (χ0) is 19.3. The van der Waals surface area contributed by atoms with Gasteiger partial charge in [-0.05, 0) is 30.2 Å². The van der Waals surface area contributed by atoms with Crippen molar-refractivity contribution in [3.63, 3.8) is 0 Å². The highest BCUT2D eigenvalue weighted by Crippen LogP contribution is 2.26. The molecule has 2 aromatic heterocycles. The molecule has 6 nitrogen and oxygen atoms in total. The third-order valence-corrected chi connectivity index (χ3v) is 5.60. The number of nitrogens with zero attached hydrogens (tertiary/aromatic N) is 3. The maximum absolute atomic E-state index is 12.6. The van der Waals surface area contributed by atoms with Crippen LogP contribution in [0.15, 0.2) is 48.0 Å². The van der Waals surface area contributed by atoms with Crippen molar-refractivity contribution in [1.82, 2.24) is 9.97 Å². The van der Waals surface area contributed by atoms with Crippen molar-refractivity contribution >= 4 is 28.7 Å². The number of para-hydroxylation sites is 1. The quantitative estimate of drug-likeness (QED) is 0.712. The molecule has 3 heterocycles. The van der Waals surface area contributed by atoms with Crippen molar-refractivity contribution in [2.24, 2.45) is 0 Å². The van der Waals surface area contributed by atoms with E-state index in [0.717, 1.165) is 60.4 Å². The van der Waals surface area contributed by atoms with Crippen LogP contribution in [-0.2, 0) is 11.2 Å². The van der Waals surface area contributed by atoms with E-state index in [1.54, 1.807) is 5.38 Å². The molecule has 1 N–H and O–H groups in total. The van der Waals surface area contributed by atoms with Crippen LogP contribution >= 0.6 is 11.3 Å². The molecule has 0 atom stereocenters. The van der Waals surface area contributed by atoms with Gasteiger partial charge < -0.3 is 15.0 Å². The minimum absolute atomic E-state index is 0.193. The molecule has 1 amide bonds. The van der Waals surface area contributed by atoms with Crippen molar-refractivity contribution in [1.29, 1.82) is 0 Å². The van der Waals surface area contributed by atoms with E-state index in [-0.39, 0.29) is 5.91 Å². The Bertz CT molecular complexity index is 949. The Labute approximate surface area is 168 Å². The van der Waals surface area contributed by atoms with Gasteiger partial charge in [-0.25, -0.2) is 9.97 Å². The molecule has 0 aliphatic carbocycles. The lowest BCUT2D eigenvalue weighted by atomic mass is 10.1. The minimum Gasteiger partial charge on any atom is -0.378 e. The summed E-state index contributed by atoms with van der Waals surface area (Å²) in [7, 11) is 0. The van der Waals surface area contributed by atoms with Crippen molar-refractivity contribution in [3.05, 3.63) is 59.2 Å². The largest absolute Gasteiger partial charge is 0.378 e. The summed E-state index contributed by atoms with van der Waals surface area (Å²) in [6, 6.07) is 11.8. The molecule has 1 aliphatic rings. The average Bonchev–Trinajstić information content (AvgIpc) is 3.25. The van der Waals surface area contributed by atoms with Crippen LogP contribution in [0.25, 0.3) is 10.6 Å². The molecule has 0 saturated carbocycles. The van der Waals surface area contributed by atoms with Gasteiger partial charge in [0.05, 0.1) is 13.2 Å². The number of nitrogens with one attached hydrogen (secondary N) is 1. The zero-order valence-electron chi connectivity index (χ0n) is 15.7. The fourth-order valence-electron chi connectivity index (χ4n) is 3.14. The first-order valence-electron chi connectivity index (χ1n) is 9.38. The zero-order valence-corrected chi connectivity index (χ0v) is 16.5. The topological polar surface area (TPSA) is 67.4 Å². The van der Waals surface area contributed by atoms with Crippen LogP contribution in [0.5, 0.6) is 0 Å². The molecule has 3 aromatic rings. The van der Waals surface area contributed by atoms with E-state index < -0.39 is 0 Å². The Morgan fingerprint density at radius 3 is 2.79 bits per heavy atom. The Balaban J connectivity index is 1.47. The minimum atomic E-state index is -0.193. The second-order valence-corrected chi connectivity index (χ2v) is 7.37. The molecule has 28 heavy (non-hydrogen) atoms. The van der Waals surface area contributed by atoms with Gasteiger partial charge in [-0.15, -0.1) is 11.3 Å². The molecule has 0 unspecified atom stereocenters. The number of morpholine rings is 1. The Morgan fingerprint density at radius 2 is 2.04 bits per heavy atom. The number of aryl methyl sites for hydroxylation is 1. The van der Waals surface area contributed by atoms with Crippen LogP contribution in [0.1, 0.15) is 23.0 Å². The molecule has 1 saturated heterocycles. The van der Waals surface area contributed by atoms with Gasteiger partial charge in [-0.3, -0.25) is 4.79 Å². The lowest BCUT2D eigenvalue weighted by Crippen LogP contribution is -2.36. The number of hydrogen-bond acceptors (Lipinski definition) is 6. The van der Waals surface area contributed by atoms with Crippen LogP contribution in [-0.4, -0.2) is 42.2 Å². The first kappa shape index (κ1) is 18.6. The number of aromatic nitrogens is 2. The van der Waals surface area contributed by atoms with Crippen molar-refractivity contribution in [3.8, 4) is 10.6 Å². The SMILES string of the molecule is CCc1ccccc1NC(=O)c1csc(-c2ccc(N3CCOCC3)nc2)n1. The van der Waals surface area contributed by atoms with E-state index in [1.807, 2.05) is 42.6 Å². The number of amides is 1. The van der Waals surface area contributed by atoms with Crippen LogP contribution in [0.2, 0.25) is 0 Å². The third kappa shape index (κ3) is 4.05. The lowest BCUT2D eigenvalue weighted by molar-refractivity contribution is 0.102. The summed E-state index contributed by atoms with van der Waals surface area (Å²) < 4.78 is 5.38. The number of carbonyl (C=O) groups is 1. The Morgan fingerprint density at radius 1 is 1.21 bits per heavy atom. The molecule has 0 radical (unpaired) electrons. The van der Waals surface area contributed by atoms with Crippen LogP contribution in [0.3, 0.4) is 0 Å². The summed E-state index contributed by atoms with van der Waals surface area (Å²) in [4.78, 5) is 23.9. The summed E-state index contributed by atoms with van der Waals surface area (Å²) >= 11 is 1.45. The summed E-state index contributed by atoms with van der Waals surface area (Å²) in [5.74, 6) is 0.749. The molecular formula is C21H22N4O2S. The number of hydrogen-bond donors (Lipinski definition) is 1. The van der Waals surface area contributed by atoms with E-state index in [9.17, 15) is 4.79 Å². The molecule has 0 bridgehead atoms. The predicted octanol–water partition coefficient (Wildman–Crippen LogP) is 3.86. The van der Waals surface area contributed by atoms with Crippen LogP contribution < -0.4 is 10.2 Å². The summed E-state index contributed by atoms with van der Waals surface area (Å²) in [6.07, 6.45) is 2.68. The van der Waals surface area contributed by atoms with Gasteiger partial charge >= 0.3 is 0 Å². The first-order chi connectivity index (χ1) is 13.7. The summed E-state index contributed by atoms with van der Waals surface area (Å²) in [6.45, 7) is 5.24. The highest BCUT2D eigenvalue weighted by molar-refractivity contribution is 7.13. The van der Waals surface area contributed by atoms with E-state index in [4.69, 9.17) is 4.74 Å². The van der Waals surface area contributed by atoms with Gasteiger partial charge in [0, 0.05) is 35.9 Å². The fraction of sp³-hybridized carbons (Fsp3) is 0.286. The van der Waals surface area contributed by atoms with E-state index in [2.05, 4.69) is 27.1 Å². The predicted molar refractivity (Wildman–Crippen MR) is 112 cm³/mol. The maximum Gasteiger partial charge on any atom is 0.275 e. The van der Waals surface area contributed by atoms with Gasteiger partial charge in [0.2, 0.25) is 0 Å². The van der Waals surface area contributed by atoms with Crippen LogP contribution in [0.4, 0.5) is 11.5 Å². The monoisotopic (exact) mass is 394 g/mol. The molecular weight excluding hydrogens is 372 g/mol. The summed E-state index contributed by atoms with van der Waals surface area (Å²) in [5, 5.41) is 5.54. The smallest absolute Gasteiger partial charge is 0.275 e. The van der Waals surface area contributed by atoms with E-state index in [0.29, 0.717) is 5.69 Å². The molecule has 4 rings (SSSR count). The van der Waals surface area contributed by atoms with Gasteiger partial charge in [-0.1, -0.05) is 25.1 Å². The standard InChI is InChI=1S/C21H22N4O2S/c1-2-15-5-3-4-6-17(15)23-20(26)18-14-28-21(24-18)16-7-8-19(22-13-16)25-9-11-27-12-10-25/h3-8,13-14H,2,9-12H2,1H3,(H,23,26). The highest BCUT2D eigenvalue weighted by atomic mass is 32.1. The van der Waals surface area contributed by atoms with Crippen molar-refractivity contribution in [2.45, 2.75) is 13.3 Å². The van der Waals surface area contributed by atoms with Crippen molar-refractivity contribution < 1.29 is 9.53 Å². The second-order valence-electron chi connectivity index (χ2n) is 6.51. The molecule has 0 spiro atoms. The molecule has 1 aromatic carbocycles. The van der Waals surface area contributed by atoms with Gasteiger partial charge in [0.25, 0.3) is 5.91 Å². The van der Waals surface area contributed by atoms with Gasteiger partial charge in [-0.2, -0.15) is 0 Å². The third-order valence-electron chi connectivity index (χ3n) is 4.71. The number of pyridine rings is 1. The molecule has 7 heteroatoms. The van der Waals surface area contributed by atoms with Crippen LogP contribution in [0, 0.1) is 0 Å². The van der Waals surface area contributed by atoms with Crippen molar-refractivity contribution in [2.75, 3.05) is 36.5 Å². The first-order valence-corrected chi connectivity index (χ1v) is 10.3. The molecule has 1 aliphatic heterocycles. The van der Waals surface area contributed by atoms with E-state index >= 15 is 0 Å². The lowest BCUT2D eigenvalue weighted by Gasteiger charge is -2.27. The molecule has 144 valence electrons. The number of rotatable bonds is 5. The van der Waals surface area contributed by atoms with Gasteiger partial charge in [0.1, 0.15) is 16.5 Å². The number of carbonyl (C=O) groups excluding carboxylic acids is 1. The number of thiazole rings is 1. The Kier molecular flexibility index (Phi) is 5.64. The normalized spacial score (nSPS) is 14.1. The molecule has 1 fully saturated rings.